The molecule has 3 nitrogen and oxygen atoms in total. The number of benzene rings is 1. The van der Waals surface area contributed by atoms with E-state index in [2.05, 4.69) is 15.9 Å². The number of anilines is 1. The summed E-state index contributed by atoms with van der Waals surface area (Å²) in [6.45, 7) is 0. The molecular weight excluding hydrogens is 340 g/mol. The summed E-state index contributed by atoms with van der Waals surface area (Å²) in [5, 5.41) is 8.80. The van der Waals surface area contributed by atoms with Crippen molar-refractivity contribution in [3.05, 3.63) is 22.2 Å². The predicted octanol–water partition coefficient (Wildman–Crippen LogP) is 4.17. The SMILES string of the molecule is COc1cc(NO)cc(Br)c1CC(Cl)(Cl)Cl. The summed E-state index contributed by atoms with van der Waals surface area (Å²) in [6.07, 6.45) is 0.202. The zero-order valence-electron chi connectivity index (χ0n) is 8.23. The second-order valence-corrected chi connectivity index (χ2v) is 6.41. The van der Waals surface area contributed by atoms with Crippen molar-refractivity contribution in [1.29, 1.82) is 0 Å². The van der Waals surface area contributed by atoms with Crippen molar-refractivity contribution in [1.82, 2.24) is 0 Å². The maximum Gasteiger partial charge on any atom is 0.194 e. The van der Waals surface area contributed by atoms with Crippen LogP contribution in [0.25, 0.3) is 0 Å². The van der Waals surface area contributed by atoms with Gasteiger partial charge in [0.05, 0.1) is 12.8 Å². The third-order valence-corrected chi connectivity index (χ3v) is 2.99. The Morgan fingerprint density at radius 2 is 2.06 bits per heavy atom. The third kappa shape index (κ3) is 3.86. The first-order valence-electron chi connectivity index (χ1n) is 4.20. The monoisotopic (exact) mass is 347 g/mol. The van der Waals surface area contributed by atoms with Crippen LogP contribution in [0.15, 0.2) is 16.6 Å². The summed E-state index contributed by atoms with van der Waals surface area (Å²) < 4.78 is 4.45. The number of rotatable bonds is 3. The van der Waals surface area contributed by atoms with Gasteiger partial charge in [-0.15, -0.1) is 0 Å². The second kappa shape index (κ2) is 5.65. The van der Waals surface area contributed by atoms with Gasteiger partial charge in [-0.2, -0.15) is 0 Å². The van der Waals surface area contributed by atoms with E-state index in [0.29, 0.717) is 15.9 Å². The maximum absolute atomic E-state index is 8.80. The fourth-order valence-electron chi connectivity index (χ4n) is 1.23. The van der Waals surface area contributed by atoms with Crippen LogP contribution in [0.2, 0.25) is 0 Å². The Bertz CT molecular complexity index is 382. The van der Waals surface area contributed by atoms with Crippen LogP contribution in [0.1, 0.15) is 5.56 Å². The van der Waals surface area contributed by atoms with Crippen LogP contribution in [-0.4, -0.2) is 16.1 Å². The Kier molecular flexibility index (Phi) is 5.01. The first-order chi connectivity index (χ1) is 7.37. The summed E-state index contributed by atoms with van der Waals surface area (Å²) in [5.41, 5.74) is 3.23. The molecule has 0 spiro atoms. The zero-order chi connectivity index (χ0) is 12.3. The van der Waals surface area contributed by atoms with Crippen molar-refractivity contribution in [3.8, 4) is 5.75 Å². The number of ether oxygens (including phenoxy) is 1. The molecule has 0 fully saturated rings. The van der Waals surface area contributed by atoms with Gasteiger partial charge in [0.15, 0.2) is 3.79 Å². The number of nitrogens with one attached hydrogen (secondary N) is 1. The van der Waals surface area contributed by atoms with Gasteiger partial charge < -0.3 is 4.74 Å². The highest BCUT2D eigenvalue weighted by Crippen LogP contribution is 2.38. The van der Waals surface area contributed by atoms with E-state index in [9.17, 15) is 0 Å². The molecule has 2 N–H and O–H groups in total. The lowest BCUT2D eigenvalue weighted by atomic mass is 10.1. The first kappa shape index (κ1) is 14.2. The van der Waals surface area contributed by atoms with Gasteiger partial charge in [-0.1, -0.05) is 50.7 Å². The molecule has 7 heteroatoms. The number of halogens is 4. The van der Waals surface area contributed by atoms with E-state index in [1.807, 2.05) is 5.48 Å². The zero-order valence-corrected chi connectivity index (χ0v) is 12.1. The minimum Gasteiger partial charge on any atom is -0.496 e. The highest BCUT2D eigenvalue weighted by atomic mass is 79.9. The van der Waals surface area contributed by atoms with Crippen molar-refractivity contribution < 1.29 is 9.94 Å². The standard InChI is InChI=1S/C9H9BrCl3NO2/c1-16-8-3-5(14-15)2-7(10)6(8)4-9(11,12)13/h2-3,14-15H,4H2,1H3. The van der Waals surface area contributed by atoms with Crippen LogP contribution in [0.5, 0.6) is 5.75 Å². The Labute approximate surface area is 117 Å². The number of alkyl halides is 3. The largest absolute Gasteiger partial charge is 0.496 e. The molecule has 0 amide bonds. The fraction of sp³-hybridized carbons (Fsp3) is 0.333. The van der Waals surface area contributed by atoms with Crippen LogP contribution >= 0.6 is 50.7 Å². The Balaban J connectivity index is 3.16. The van der Waals surface area contributed by atoms with Crippen LogP contribution in [0.3, 0.4) is 0 Å². The van der Waals surface area contributed by atoms with Gasteiger partial charge in [0.2, 0.25) is 0 Å². The molecule has 16 heavy (non-hydrogen) atoms. The van der Waals surface area contributed by atoms with E-state index >= 15 is 0 Å². The Morgan fingerprint density at radius 1 is 1.44 bits per heavy atom. The molecule has 1 aromatic rings. The van der Waals surface area contributed by atoms with Crippen molar-refractivity contribution in [3.63, 3.8) is 0 Å². The van der Waals surface area contributed by atoms with E-state index in [1.54, 1.807) is 12.1 Å². The van der Waals surface area contributed by atoms with Gasteiger partial charge in [-0.3, -0.25) is 10.7 Å². The van der Waals surface area contributed by atoms with E-state index in [4.69, 9.17) is 44.7 Å². The van der Waals surface area contributed by atoms with Crippen molar-refractivity contribution in [2.75, 3.05) is 12.6 Å². The topological polar surface area (TPSA) is 41.5 Å². The molecule has 0 radical (unpaired) electrons. The summed E-state index contributed by atoms with van der Waals surface area (Å²) in [5.74, 6) is 0.525. The van der Waals surface area contributed by atoms with Gasteiger partial charge in [0.25, 0.3) is 0 Å². The minimum absolute atomic E-state index is 0.202. The normalized spacial score (nSPS) is 11.4. The number of hydrogen-bond donors (Lipinski definition) is 2. The molecule has 0 aromatic heterocycles. The molecule has 0 bridgehead atoms. The van der Waals surface area contributed by atoms with E-state index < -0.39 is 3.79 Å². The smallest absolute Gasteiger partial charge is 0.194 e. The van der Waals surface area contributed by atoms with Gasteiger partial charge in [-0.05, 0) is 6.07 Å². The van der Waals surface area contributed by atoms with Gasteiger partial charge in [0.1, 0.15) is 5.75 Å². The molecule has 90 valence electrons. The quantitative estimate of drug-likeness (QED) is 0.636. The molecule has 0 saturated heterocycles. The van der Waals surface area contributed by atoms with Gasteiger partial charge >= 0.3 is 0 Å². The summed E-state index contributed by atoms with van der Waals surface area (Å²) >= 11 is 20.5. The van der Waals surface area contributed by atoms with Crippen molar-refractivity contribution >= 4 is 56.4 Å². The number of hydrogen-bond acceptors (Lipinski definition) is 3. The maximum atomic E-state index is 8.80. The lowest BCUT2D eigenvalue weighted by Crippen LogP contribution is -2.09. The molecule has 0 aliphatic heterocycles. The lowest BCUT2D eigenvalue weighted by Gasteiger charge is -2.16. The Morgan fingerprint density at radius 3 is 2.50 bits per heavy atom. The van der Waals surface area contributed by atoms with Gasteiger partial charge in [-0.25, -0.2) is 0 Å². The molecule has 0 unspecified atom stereocenters. The summed E-state index contributed by atoms with van der Waals surface area (Å²) in [7, 11) is 1.50. The molecular formula is C9H9BrCl3NO2. The average molecular weight is 349 g/mol. The van der Waals surface area contributed by atoms with Crippen molar-refractivity contribution in [2.24, 2.45) is 0 Å². The highest BCUT2D eigenvalue weighted by Gasteiger charge is 2.24. The van der Waals surface area contributed by atoms with Crippen molar-refractivity contribution in [2.45, 2.75) is 10.2 Å². The van der Waals surface area contributed by atoms with Gasteiger partial charge in [0, 0.05) is 22.5 Å². The van der Waals surface area contributed by atoms with E-state index in [1.165, 1.54) is 7.11 Å². The van der Waals surface area contributed by atoms with Crippen LogP contribution in [0.4, 0.5) is 5.69 Å². The van der Waals surface area contributed by atoms with E-state index in [-0.39, 0.29) is 6.42 Å². The Hall–Kier alpha value is 0.130. The lowest BCUT2D eigenvalue weighted by molar-refractivity contribution is 0.385. The van der Waals surface area contributed by atoms with Crippen LogP contribution < -0.4 is 10.2 Å². The molecule has 0 heterocycles. The van der Waals surface area contributed by atoms with E-state index in [0.717, 1.165) is 5.56 Å². The van der Waals surface area contributed by atoms with Crippen LogP contribution in [0, 0.1) is 0 Å². The first-order valence-corrected chi connectivity index (χ1v) is 6.13. The van der Waals surface area contributed by atoms with Crippen LogP contribution in [-0.2, 0) is 6.42 Å². The molecule has 1 aromatic carbocycles. The average Bonchev–Trinajstić information content (AvgIpc) is 2.19. The minimum atomic E-state index is -1.40. The third-order valence-electron chi connectivity index (χ3n) is 1.88. The summed E-state index contributed by atoms with van der Waals surface area (Å²) in [6, 6.07) is 3.27. The molecule has 0 aliphatic rings. The molecule has 0 atom stereocenters. The molecule has 0 aliphatic carbocycles. The number of methoxy groups -OCH3 is 1. The highest BCUT2D eigenvalue weighted by molar-refractivity contribution is 9.10. The second-order valence-electron chi connectivity index (χ2n) is 3.04. The fourth-order valence-corrected chi connectivity index (χ4v) is 2.21. The molecule has 0 saturated carbocycles. The summed E-state index contributed by atoms with van der Waals surface area (Å²) in [4.78, 5) is 0. The predicted molar refractivity (Wildman–Crippen MR) is 70.1 cm³/mol. The molecule has 1 rings (SSSR count).